The number of aryl methyl sites for hydroxylation is 1. The van der Waals surface area contributed by atoms with Crippen LogP contribution in [0.4, 0.5) is 4.39 Å². The highest BCUT2D eigenvalue weighted by Gasteiger charge is 1.96. The van der Waals surface area contributed by atoms with Crippen LogP contribution in [0.3, 0.4) is 0 Å². The predicted octanol–water partition coefficient (Wildman–Crippen LogP) is 6.09. The van der Waals surface area contributed by atoms with Gasteiger partial charge in [-0.15, -0.1) is 0 Å². The van der Waals surface area contributed by atoms with Gasteiger partial charge in [-0.1, -0.05) is 70.8 Å². The summed E-state index contributed by atoms with van der Waals surface area (Å²) in [5.74, 6) is -0.138. The number of hydrogen-bond acceptors (Lipinski definition) is 0. The molecular weight excluding hydrogens is 235 g/mol. The summed E-state index contributed by atoms with van der Waals surface area (Å²) in [6.45, 7) is 2.26. The van der Waals surface area contributed by atoms with Crippen LogP contribution in [0, 0.1) is 11.9 Å². The summed E-state index contributed by atoms with van der Waals surface area (Å²) in [6.07, 6.45) is 14.4. The summed E-state index contributed by atoms with van der Waals surface area (Å²) in [4.78, 5) is 0. The number of halogens is 1. The van der Waals surface area contributed by atoms with E-state index in [9.17, 15) is 4.39 Å². The largest absolute Gasteiger partial charge is 0.207 e. The lowest BCUT2D eigenvalue weighted by Crippen LogP contribution is -1.88. The summed E-state index contributed by atoms with van der Waals surface area (Å²) in [7, 11) is 0. The van der Waals surface area contributed by atoms with E-state index in [1.165, 1.54) is 63.9 Å². The molecule has 0 aromatic heterocycles. The molecule has 0 aliphatic carbocycles. The van der Waals surface area contributed by atoms with Crippen LogP contribution in [0.15, 0.2) is 18.2 Å². The molecule has 0 aliphatic heterocycles. The van der Waals surface area contributed by atoms with E-state index in [2.05, 4.69) is 13.0 Å². The van der Waals surface area contributed by atoms with E-state index in [-0.39, 0.29) is 5.82 Å². The fraction of sp³-hybridized carbons (Fsp3) is 0.667. The molecule has 0 atom stereocenters. The first-order chi connectivity index (χ1) is 9.33. The average molecular weight is 263 g/mol. The number of rotatable bonds is 11. The minimum Gasteiger partial charge on any atom is -0.207 e. The lowest BCUT2D eigenvalue weighted by Gasteiger charge is -2.03. The Balaban J connectivity index is 1.89. The van der Waals surface area contributed by atoms with Gasteiger partial charge in [-0.05, 0) is 36.6 Å². The SMILES string of the molecule is CCCCCCCCCCCCc1[c]ccc(F)c1. The molecule has 19 heavy (non-hydrogen) atoms. The van der Waals surface area contributed by atoms with Gasteiger partial charge in [0, 0.05) is 0 Å². The lowest BCUT2D eigenvalue weighted by molar-refractivity contribution is 0.556. The monoisotopic (exact) mass is 263 g/mol. The fourth-order valence-electron chi connectivity index (χ4n) is 2.43. The first kappa shape index (κ1) is 16.2. The van der Waals surface area contributed by atoms with Gasteiger partial charge in [0.15, 0.2) is 0 Å². The Morgan fingerprint density at radius 2 is 1.47 bits per heavy atom. The first-order valence-corrected chi connectivity index (χ1v) is 7.99. The molecule has 0 nitrogen and oxygen atoms in total. The molecule has 1 aromatic carbocycles. The van der Waals surface area contributed by atoms with Gasteiger partial charge in [0.05, 0.1) is 0 Å². The molecular formula is C18H28F. The van der Waals surface area contributed by atoms with Crippen LogP contribution in [0.25, 0.3) is 0 Å². The van der Waals surface area contributed by atoms with Gasteiger partial charge >= 0.3 is 0 Å². The van der Waals surface area contributed by atoms with E-state index in [0.29, 0.717) is 0 Å². The third-order valence-corrected chi connectivity index (χ3v) is 3.62. The van der Waals surface area contributed by atoms with Crippen LogP contribution in [-0.4, -0.2) is 0 Å². The summed E-state index contributed by atoms with van der Waals surface area (Å²) < 4.78 is 13.0. The standard InChI is InChI=1S/C18H28F/c1-2-3-4-5-6-7-8-9-10-11-13-17-14-12-15-18(19)16-17/h12,15-16H,2-11,13H2,1H3. The van der Waals surface area contributed by atoms with Crippen molar-refractivity contribution in [2.24, 2.45) is 0 Å². The normalized spacial score (nSPS) is 10.8. The Labute approximate surface area is 118 Å². The van der Waals surface area contributed by atoms with Gasteiger partial charge in [-0.25, -0.2) is 4.39 Å². The lowest BCUT2D eigenvalue weighted by atomic mass is 10.0. The molecule has 0 heterocycles. The van der Waals surface area contributed by atoms with Crippen molar-refractivity contribution in [3.63, 3.8) is 0 Å². The van der Waals surface area contributed by atoms with Crippen molar-refractivity contribution < 1.29 is 4.39 Å². The molecule has 1 aromatic rings. The van der Waals surface area contributed by atoms with Crippen molar-refractivity contribution in [3.05, 3.63) is 35.6 Å². The second-order valence-corrected chi connectivity index (χ2v) is 5.46. The Kier molecular flexibility index (Phi) is 9.40. The smallest absolute Gasteiger partial charge is 0.123 e. The van der Waals surface area contributed by atoms with Crippen LogP contribution in [-0.2, 0) is 6.42 Å². The third-order valence-electron chi connectivity index (χ3n) is 3.62. The maximum absolute atomic E-state index is 13.0. The van der Waals surface area contributed by atoms with Gasteiger partial charge in [-0.2, -0.15) is 0 Å². The van der Waals surface area contributed by atoms with Gasteiger partial charge in [-0.3, -0.25) is 0 Å². The zero-order valence-electron chi connectivity index (χ0n) is 12.4. The van der Waals surface area contributed by atoms with E-state index in [1.807, 2.05) is 0 Å². The predicted molar refractivity (Wildman–Crippen MR) is 80.8 cm³/mol. The van der Waals surface area contributed by atoms with Crippen LogP contribution >= 0.6 is 0 Å². The van der Waals surface area contributed by atoms with E-state index >= 15 is 0 Å². The molecule has 0 saturated carbocycles. The highest BCUT2D eigenvalue weighted by molar-refractivity contribution is 5.14. The highest BCUT2D eigenvalue weighted by atomic mass is 19.1. The second-order valence-electron chi connectivity index (χ2n) is 5.46. The van der Waals surface area contributed by atoms with Crippen molar-refractivity contribution in [2.45, 2.75) is 77.6 Å². The van der Waals surface area contributed by atoms with Gasteiger partial charge < -0.3 is 0 Å². The summed E-state index contributed by atoms with van der Waals surface area (Å²) >= 11 is 0. The maximum atomic E-state index is 13.0. The van der Waals surface area contributed by atoms with Crippen LogP contribution in [0.1, 0.15) is 76.7 Å². The maximum Gasteiger partial charge on any atom is 0.123 e. The molecule has 0 spiro atoms. The summed E-state index contributed by atoms with van der Waals surface area (Å²) in [5.41, 5.74) is 1.01. The quantitative estimate of drug-likeness (QED) is 0.424. The molecule has 0 amide bonds. The Hall–Kier alpha value is -0.850. The minimum absolute atomic E-state index is 0.138. The molecule has 0 saturated heterocycles. The van der Waals surface area contributed by atoms with Gasteiger partial charge in [0.2, 0.25) is 0 Å². The number of unbranched alkanes of at least 4 members (excludes halogenated alkanes) is 9. The zero-order valence-corrected chi connectivity index (χ0v) is 12.4. The van der Waals surface area contributed by atoms with Crippen molar-refractivity contribution >= 4 is 0 Å². The summed E-state index contributed by atoms with van der Waals surface area (Å²) in [5, 5.41) is 0. The van der Waals surface area contributed by atoms with Crippen LogP contribution < -0.4 is 0 Å². The average Bonchev–Trinajstić information content (AvgIpc) is 2.41. The third kappa shape index (κ3) is 8.80. The van der Waals surface area contributed by atoms with E-state index in [0.717, 1.165) is 18.4 Å². The van der Waals surface area contributed by atoms with E-state index in [1.54, 1.807) is 12.1 Å². The van der Waals surface area contributed by atoms with Crippen molar-refractivity contribution in [2.75, 3.05) is 0 Å². The van der Waals surface area contributed by atoms with Crippen LogP contribution in [0.2, 0.25) is 0 Å². The van der Waals surface area contributed by atoms with Crippen molar-refractivity contribution in [3.8, 4) is 0 Å². The molecule has 0 unspecified atom stereocenters. The molecule has 0 bridgehead atoms. The molecule has 1 heteroatoms. The first-order valence-electron chi connectivity index (χ1n) is 7.99. The Morgan fingerprint density at radius 1 is 0.895 bits per heavy atom. The van der Waals surface area contributed by atoms with E-state index < -0.39 is 0 Å². The topological polar surface area (TPSA) is 0 Å². The molecule has 0 N–H and O–H groups in total. The fourth-order valence-corrected chi connectivity index (χ4v) is 2.43. The van der Waals surface area contributed by atoms with Crippen LogP contribution in [0.5, 0.6) is 0 Å². The molecule has 1 rings (SSSR count). The second kappa shape index (κ2) is 11.0. The molecule has 0 fully saturated rings. The van der Waals surface area contributed by atoms with Crippen molar-refractivity contribution in [1.29, 1.82) is 0 Å². The van der Waals surface area contributed by atoms with Gasteiger partial charge in [0.1, 0.15) is 5.82 Å². The molecule has 0 aliphatic rings. The highest BCUT2D eigenvalue weighted by Crippen LogP contribution is 2.12. The molecule has 107 valence electrons. The van der Waals surface area contributed by atoms with Crippen molar-refractivity contribution in [1.82, 2.24) is 0 Å². The Bertz CT molecular complexity index is 319. The minimum atomic E-state index is -0.138. The number of benzene rings is 1. The zero-order chi connectivity index (χ0) is 13.8. The van der Waals surface area contributed by atoms with Gasteiger partial charge in [0.25, 0.3) is 0 Å². The van der Waals surface area contributed by atoms with E-state index in [4.69, 9.17) is 0 Å². The molecule has 1 radical (unpaired) electrons. The number of hydrogen-bond donors (Lipinski definition) is 0. The Morgan fingerprint density at radius 3 is 2.05 bits per heavy atom. The summed E-state index contributed by atoms with van der Waals surface area (Å²) in [6, 6.07) is 7.85.